The van der Waals surface area contributed by atoms with Gasteiger partial charge in [-0.2, -0.15) is 0 Å². The summed E-state index contributed by atoms with van der Waals surface area (Å²) in [5, 5.41) is 12.4. The largest absolute Gasteiger partial charge is 0.507 e. The van der Waals surface area contributed by atoms with Gasteiger partial charge >= 0.3 is 0 Å². The van der Waals surface area contributed by atoms with Gasteiger partial charge in [0.15, 0.2) is 0 Å². The molecule has 0 aliphatic rings. The lowest BCUT2D eigenvalue weighted by atomic mass is 10.2. The van der Waals surface area contributed by atoms with Crippen molar-refractivity contribution in [2.75, 3.05) is 18.2 Å². The van der Waals surface area contributed by atoms with Crippen LogP contribution in [0.1, 0.15) is 10.4 Å². The van der Waals surface area contributed by atoms with E-state index in [0.717, 1.165) is 0 Å². The number of benzene rings is 2. The van der Waals surface area contributed by atoms with Crippen molar-refractivity contribution < 1.29 is 14.6 Å². The van der Waals surface area contributed by atoms with Crippen molar-refractivity contribution in [1.82, 2.24) is 0 Å². The number of methoxy groups -OCH3 is 1. The first-order valence-corrected chi connectivity index (χ1v) is 6.54. The highest BCUT2D eigenvalue weighted by Gasteiger charge is 2.12. The fourth-order valence-electron chi connectivity index (χ4n) is 1.68. The molecule has 0 aliphatic heterocycles. The number of nitrogens with one attached hydrogen (secondary N) is 1. The Morgan fingerprint density at radius 1 is 1.30 bits per heavy atom. The van der Waals surface area contributed by atoms with Crippen LogP contribution in [-0.2, 0) is 0 Å². The van der Waals surface area contributed by atoms with E-state index in [0.29, 0.717) is 21.6 Å². The molecule has 0 aromatic heterocycles. The number of amides is 1. The van der Waals surface area contributed by atoms with Gasteiger partial charge in [0.25, 0.3) is 5.91 Å². The molecule has 4 N–H and O–H groups in total. The Kier molecular flexibility index (Phi) is 4.14. The Balaban J connectivity index is 2.23. The zero-order valence-electron chi connectivity index (χ0n) is 10.7. The molecule has 2 aromatic carbocycles. The first kappa shape index (κ1) is 14.2. The third kappa shape index (κ3) is 3.03. The summed E-state index contributed by atoms with van der Waals surface area (Å²) in [4.78, 5) is 12.1. The Morgan fingerprint density at radius 2 is 2.05 bits per heavy atom. The molecule has 0 atom stereocenters. The maximum Gasteiger partial charge on any atom is 0.259 e. The summed E-state index contributed by atoms with van der Waals surface area (Å²) >= 11 is 3.22. The highest BCUT2D eigenvalue weighted by atomic mass is 79.9. The number of hydrogen-bond donors (Lipinski definition) is 3. The van der Waals surface area contributed by atoms with E-state index in [2.05, 4.69) is 21.2 Å². The molecule has 0 bridgehead atoms. The Bertz CT molecular complexity index is 659. The van der Waals surface area contributed by atoms with Crippen molar-refractivity contribution >= 4 is 33.2 Å². The molecule has 0 heterocycles. The highest BCUT2D eigenvalue weighted by molar-refractivity contribution is 9.10. The molecule has 20 heavy (non-hydrogen) atoms. The standard InChI is InChI=1S/C14H13BrN2O3/c1-20-13-7-9(3-5-11(13)16)17-14(19)10-4-2-8(15)6-12(10)18/h2-7,18H,16H2,1H3,(H,17,19). The average molecular weight is 337 g/mol. The predicted octanol–water partition coefficient (Wildman–Crippen LogP) is 3.00. The third-order valence-corrected chi connectivity index (χ3v) is 3.19. The smallest absolute Gasteiger partial charge is 0.259 e. The van der Waals surface area contributed by atoms with Gasteiger partial charge in [-0.3, -0.25) is 4.79 Å². The number of anilines is 2. The van der Waals surface area contributed by atoms with E-state index >= 15 is 0 Å². The van der Waals surface area contributed by atoms with Gasteiger partial charge in [-0.1, -0.05) is 15.9 Å². The lowest BCUT2D eigenvalue weighted by molar-refractivity contribution is 0.102. The van der Waals surface area contributed by atoms with Crippen molar-refractivity contribution in [2.24, 2.45) is 0 Å². The normalized spacial score (nSPS) is 10.1. The number of hydrogen-bond acceptors (Lipinski definition) is 4. The number of ether oxygens (including phenoxy) is 1. The average Bonchev–Trinajstić information content (AvgIpc) is 2.40. The van der Waals surface area contributed by atoms with E-state index in [9.17, 15) is 9.90 Å². The van der Waals surface area contributed by atoms with Gasteiger partial charge in [-0.15, -0.1) is 0 Å². The van der Waals surface area contributed by atoms with Crippen LogP contribution in [0.25, 0.3) is 0 Å². The Morgan fingerprint density at radius 3 is 2.70 bits per heavy atom. The van der Waals surface area contributed by atoms with E-state index < -0.39 is 5.91 Å². The van der Waals surface area contributed by atoms with Crippen LogP contribution < -0.4 is 15.8 Å². The Hall–Kier alpha value is -2.21. The fraction of sp³-hybridized carbons (Fsp3) is 0.0714. The van der Waals surface area contributed by atoms with Crippen molar-refractivity contribution in [3.63, 3.8) is 0 Å². The maximum absolute atomic E-state index is 12.1. The molecular weight excluding hydrogens is 324 g/mol. The molecule has 0 aliphatic carbocycles. The van der Waals surface area contributed by atoms with Gasteiger partial charge in [-0.05, 0) is 30.3 Å². The first-order valence-electron chi connectivity index (χ1n) is 5.74. The van der Waals surface area contributed by atoms with Crippen LogP contribution in [0.3, 0.4) is 0 Å². The summed E-state index contributed by atoms with van der Waals surface area (Å²) in [6.45, 7) is 0. The minimum atomic E-state index is -0.415. The molecule has 0 unspecified atom stereocenters. The van der Waals surface area contributed by atoms with Crippen molar-refractivity contribution in [3.8, 4) is 11.5 Å². The van der Waals surface area contributed by atoms with E-state index in [-0.39, 0.29) is 11.3 Å². The summed E-state index contributed by atoms with van der Waals surface area (Å²) in [5.74, 6) is -0.0380. The molecule has 0 saturated carbocycles. The van der Waals surface area contributed by atoms with Crippen LogP contribution in [0.15, 0.2) is 40.9 Å². The number of halogens is 1. The zero-order chi connectivity index (χ0) is 14.7. The van der Waals surface area contributed by atoms with Gasteiger partial charge in [0.2, 0.25) is 0 Å². The number of phenolic OH excluding ortho intramolecular Hbond substituents is 1. The number of nitrogens with two attached hydrogens (primary N) is 1. The minimum Gasteiger partial charge on any atom is -0.507 e. The quantitative estimate of drug-likeness (QED) is 0.752. The van der Waals surface area contributed by atoms with Crippen molar-refractivity contribution in [1.29, 1.82) is 0 Å². The highest BCUT2D eigenvalue weighted by Crippen LogP contribution is 2.27. The van der Waals surface area contributed by atoms with Gasteiger partial charge in [0.1, 0.15) is 11.5 Å². The van der Waals surface area contributed by atoms with Crippen molar-refractivity contribution in [3.05, 3.63) is 46.4 Å². The van der Waals surface area contributed by atoms with Crippen LogP contribution in [0.2, 0.25) is 0 Å². The van der Waals surface area contributed by atoms with E-state index in [4.69, 9.17) is 10.5 Å². The topological polar surface area (TPSA) is 84.6 Å². The zero-order valence-corrected chi connectivity index (χ0v) is 12.3. The number of carbonyl (C=O) groups is 1. The maximum atomic E-state index is 12.1. The molecule has 0 saturated heterocycles. The monoisotopic (exact) mass is 336 g/mol. The molecule has 2 rings (SSSR count). The summed E-state index contributed by atoms with van der Waals surface area (Å²) < 4.78 is 5.78. The van der Waals surface area contributed by atoms with Crippen LogP contribution in [0.5, 0.6) is 11.5 Å². The van der Waals surface area contributed by atoms with Crippen LogP contribution in [-0.4, -0.2) is 18.1 Å². The van der Waals surface area contributed by atoms with E-state index in [1.807, 2.05) is 0 Å². The number of carbonyl (C=O) groups excluding carboxylic acids is 1. The molecule has 6 heteroatoms. The molecule has 5 nitrogen and oxygen atoms in total. The van der Waals surface area contributed by atoms with Gasteiger partial charge in [0.05, 0.1) is 18.4 Å². The lowest BCUT2D eigenvalue weighted by Crippen LogP contribution is -2.12. The van der Waals surface area contributed by atoms with Crippen LogP contribution >= 0.6 is 15.9 Å². The number of aromatic hydroxyl groups is 1. The van der Waals surface area contributed by atoms with E-state index in [1.165, 1.54) is 19.2 Å². The van der Waals surface area contributed by atoms with Crippen LogP contribution in [0.4, 0.5) is 11.4 Å². The molecular formula is C14H13BrN2O3. The summed E-state index contributed by atoms with van der Waals surface area (Å²) in [6, 6.07) is 9.57. The second-order valence-electron chi connectivity index (χ2n) is 4.07. The number of rotatable bonds is 3. The second kappa shape index (κ2) is 5.83. The predicted molar refractivity (Wildman–Crippen MR) is 81.2 cm³/mol. The number of nitrogen functional groups attached to an aromatic ring is 1. The second-order valence-corrected chi connectivity index (χ2v) is 4.99. The lowest BCUT2D eigenvalue weighted by Gasteiger charge is -2.10. The first-order chi connectivity index (χ1) is 9.51. The molecule has 2 aromatic rings. The molecule has 1 amide bonds. The minimum absolute atomic E-state index is 0.0979. The van der Waals surface area contributed by atoms with Gasteiger partial charge in [-0.25, -0.2) is 0 Å². The third-order valence-electron chi connectivity index (χ3n) is 2.70. The van der Waals surface area contributed by atoms with Gasteiger partial charge in [0, 0.05) is 16.2 Å². The summed E-state index contributed by atoms with van der Waals surface area (Å²) in [5.41, 5.74) is 6.90. The molecule has 0 radical (unpaired) electrons. The van der Waals surface area contributed by atoms with Crippen molar-refractivity contribution in [2.45, 2.75) is 0 Å². The SMILES string of the molecule is COc1cc(NC(=O)c2ccc(Br)cc2O)ccc1N. The fourth-order valence-corrected chi connectivity index (χ4v) is 2.03. The van der Waals surface area contributed by atoms with E-state index in [1.54, 1.807) is 24.3 Å². The van der Waals surface area contributed by atoms with Gasteiger partial charge < -0.3 is 20.9 Å². The summed E-state index contributed by atoms with van der Waals surface area (Å²) in [6.07, 6.45) is 0. The van der Waals surface area contributed by atoms with Crippen LogP contribution in [0, 0.1) is 0 Å². The molecule has 0 spiro atoms. The Labute approximate surface area is 124 Å². The molecule has 0 fully saturated rings. The molecule has 104 valence electrons. The summed E-state index contributed by atoms with van der Waals surface area (Å²) in [7, 11) is 1.50. The number of phenols is 1.